The van der Waals surface area contributed by atoms with Gasteiger partial charge in [-0.3, -0.25) is 14.9 Å². The molecule has 0 atom stereocenters. The predicted octanol–water partition coefficient (Wildman–Crippen LogP) is 5.43. The lowest BCUT2D eigenvalue weighted by atomic mass is 10.1. The number of halogens is 2. The molecule has 0 saturated carbocycles. The van der Waals surface area contributed by atoms with Crippen LogP contribution in [0.4, 0.5) is 11.4 Å². The molecule has 0 aliphatic heterocycles. The van der Waals surface area contributed by atoms with Crippen LogP contribution in [0, 0.1) is 17.0 Å². The highest BCUT2D eigenvalue weighted by Crippen LogP contribution is 2.38. The van der Waals surface area contributed by atoms with Crippen LogP contribution in [0.25, 0.3) is 10.9 Å². The van der Waals surface area contributed by atoms with Crippen molar-refractivity contribution < 1.29 is 14.8 Å². The Hall–Kier alpha value is -2.78. The Kier molecular flexibility index (Phi) is 4.75. The van der Waals surface area contributed by atoms with E-state index >= 15 is 0 Å². The van der Waals surface area contributed by atoms with E-state index in [0.29, 0.717) is 10.9 Å². The number of nitro benzene ring substituents is 1. The van der Waals surface area contributed by atoms with Crippen LogP contribution >= 0.6 is 27.5 Å². The number of nitrogens with one attached hydrogen (secondary N) is 1. The molecule has 2 aromatic carbocycles. The molecule has 10 heteroatoms. The van der Waals surface area contributed by atoms with Gasteiger partial charge in [0.1, 0.15) is 5.02 Å². The van der Waals surface area contributed by atoms with Gasteiger partial charge in [0.25, 0.3) is 11.6 Å². The molecule has 1 heterocycles. The van der Waals surface area contributed by atoms with Crippen LogP contribution < -0.4 is 0 Å². The molecule has 0 aliphatic carbocycles. The molecule has 132 valence electrons. The van der Waals surface area contributed by atoms with E-state index in [1.807, 2.05) is 6.92 Å². The molecular weight excluding hydrogens is 428 g/mol. The Morgan fingerprint density at radius 2 is 2.08 bits per heavy atom. The molecule has 0 bridgehead atoms. The van der Waals surface area contributed by atoms with Crippen LogP contribution in [0.3, 0.4) is 0 Å². The Balaban J connectivity index is 1.98. The normalized spacial score (nSPS) is 11.3. The summed E-state index contributed by atoms with van der Waals surface area (Å²) in [7, 11) is 0. The second-order valence-electron chi connectivity index (χ2n) is 5.40. The van der Waals surface area contributed by atoms with Gasteiger partial charge in [-0.2, -0.15) is 0 Å². The fraction of sp³-hybridized carbons (Fsp3) is 0.0625. The summed E-state index contributed by atoms with van der Waals surface area (Å²) in [5, 5.41) is 28.8. The molecule has 0 radical (unpaired) electrons. The SMILES string of the molecule is Cc1cc2c(N=NC(=O)c3ccc(Cl)c([N+](=O)[O-])c3)c(O)[nH]c2cc1Br. The molecule has 1 amide bonds. The van der Waals surface area contributed by atoms with Crippen molar-refractivity contribution in [1.82, 2.24) is 4.98 Å². The van der Waals surface area contributed by atoms with Gasteiger partial charge in [0.15, 0.2) is 5.69 Å². The van der Waals surface area contributed by atoms with Gasteiger partial charge in [0.2, 0.25) is 5.88 Å². The Labute approximate surface area is 159 Å². The number of fused-ring (bicyclic) bond motifs is 1. The molecule has 0 fully saturated rings. The number of aromatic hydroxyl groups is 1. The number of aromatic amines is 1. The molecule has 0 unspecified atom stereocenters. The number of amides is 1. The molecular formula is C16H10BrClN4O4. The van der Waals surface area contributed by atoms with Crippen molar-refractivity contribution >= 4 is 55.7 Å². The number of hydrogen-bond acceptors (Lipinski definition) is 5. The Morgan fingerprint density at radius 1 is 1.35 bits per heavy atom. The summed E-state index contributed by atoms with van der Waals surface area (Å²) in [6, 6.07) is 7.13. The van der Waals surface area contributed by atoms with Gasteiger partial charge in [-0.25, -0.2) is 0 Å². The number of aromatic nitrogens is 1. The highest BCUT2D eigenvalue weighted by Gasteiger charge is 2.17. The topological polar surface area (TPSA) is 121 Å². The second kappa shape index (κ2) is 6.85. The number of carbonyl (C=O) groups is 1. The highest BCUT2D eigenvalue weighted by atomic mass is 79.9. The molecule has 2 N–H and O–H groups in total. The Morgan fingerprint density at radius 3 is 2.77 bits per heavy atom. The number of rotatable bonds is 3. The maximum atomic E-state index is 12.2. The molecule has 0 spiro atoms. The van der Waals surface area contributed by atoms with Crippen LogP contribution in [-0.2, 0) is 0 Å². The van der Waals surface area contributed by atoms with Gasteiger partial charge in [-0.15, -0.1) is 10.2 Å². The van der Waals surface area contributed by atoms with Gasteiger partial charge in [0, 0.05) is 15.9 Å². The summed E-state index contributed by atoms with van der Waals surface area (Å²) in [6.07, 6.45) is 0. The fourth-order valence-electron chi connectivity index (χ4n) is 2.34. The molecule has 26 heavy (non-hydrogen) atoms. The largest absolute Gasteiger partial charge is 0.493 e. The van der Waals surface area contributed by atoms with Crippen LogP contribution in [0.1, 0.15) is 15.9 Å². The first-order valence-corrected chi connectivity index (χ1v) is 8.36. The number of azo groups is 1. The van der Waals surface area contributed by atoms with E-state index in [1.54, 1.807) is 12.1 Å². The van der Waals surface area contributed by atoms with Crippen molar-refractivity contribution in [1.29, 1.82) is 0 Å². The minimum Gasteiger partial charge on any atom is -0.493 e. The van der Waals surface area contributed by atoms with Crippen LogP contribution in [-0.4, -0.2) is 20.9 Å². The fourth-order valence-corrected chi connectivity index (χ4v) is 2.87. The molecule has 1 aromatic heterocycles. The summed E-state index contributed by atoms with van der Waals surface area (Å²) in [5.74, 6) is -1.04. The summed E-state index contributed by atoms with van der Waals surface area (Å²) in [5.41, 5.74) is 1.19. The maximum absolute atomic E-state index is 12.2. The van der Waals surface area contributed by atoms with E-state index in [4.69, 9.17) is 11.6 Å². The van der Waals surface area contributed by atoms with E-state index < -0.39 is 16.5 Å². The van der Waals surface area contributed by atoms with Crippen LogP contribution in [0.2, 0.25) is 5.02 Å². The van der Waals surface area contributed by atoms with Gasteiger partial charge in [0.05, 0.1) is 16.0 Å². The first kappa shape index (κ1) is 18.0. The lowest BCUT2D eigenvalue weighted by molar-refractivity contribution is -0.384. The molecule has 0 aliphatic rings. The van der Waals surface area contributed by atoms with E-state index in [1.165, 1.54) is 12.1 Å². The number of nitrogens with zero attached hydrogens (tertiary/aromatic N) is 3. The van der Waals surface area contributed by atoms with Gasteiger partial charge in [-0.1, -0.05) is 27.5 Å². The molecule has 0 saturated heterocycles. The third kappa shape index (κ3) is 3.31. The van der Waals surface area contributed by atoms with Crippen molar-refractivity contribution in [3.05, 3.63) is 61.1 Å². The molecule has 8 nitrogen and oxygen atoms in total. The summed E-state index contributed by atoms with van der Waals surface area (Å²) in [6.45, 7) is 1.87. The van der Waals surface area contributed by atoms with E-state index in [9.17, 15) is 20.0 Å². The smallest absolute Gasteiger partial charge is 0.295 e. The third-order valence-corrected chi connectivity index (χ3v) is 4.84. The lowest BCUT2D eigenvalue weighted by Gasteiger charge is -1.99. The summed E-state index contributed by atoms with van der Waals surface area (Å²) in [4.78, 5) is 25.1. The number of aryl methyl sites for hydroxylation is 1. The van der Waals surface area contributed by atoms with Gasteiger partial charge in [-0.05, 0) is 36.8 Å². The average Bonchev–Trinajstić information content (AvgIpc) is 2.87. The number of nitro groups is 1. The van der Waals surface area contributed by atoms with Gasteiger partial charge < -0.3 is 10.1 Å². The number of benzene rings is 2. The lowest BCUT2D eigenvalue weighted by Crippen LogP contribution is -1.97. The summed E-state index contributed by atoms with van der Waals surface area (Å²) < 4.78 is 0.847. The maximum Gasteiger partial charge on any atom is 0.295 e. The van der Waals surface area contributed by atoms with Crippen molar-refractivity contribution in [3.63, 3.8) is 0 Å². The highest BCUT2D eigenvalue weighted by molar-refractivity contribution is 9.10. The van der Waals surface area contributed by atoms with Crippen molar-refractivity contribution in [2.24, 2.45) is 10.2 Å². The second-order valence-corrected chi connectivity index (χ2v) is 6.66. The van der Waals surface area contributed by atoms with E-state index in [-0.39, 0.29) is 22.2 Å². The number of hydrogen-bond donors (Lipinski definition) is 2. The van der Waals surface area contributed by atoms with Crippen molar-refractivity contribution in [3.8, 4) is 5.88 Å². The monoisotopic (exact) mass is 436 g/mol. The van der Waals surface area contributed by atoms with E-state index in [2.05, 4.69) is 31.1 Å². The first-order chi connectivity index (χ1) is 12.3. The van der Waals surface area contributed by atoms with Crippen molar-refractivity contribution in [2.45, 2.75) is 6.92 Å². The average molecular weight is 438 g/mol. The zero-order chi connectivity index (χ0) is 19.0. The number of carbonyl (C=O) groups excluding carboxylic acids is 1. The standard InChI is InChI=1S/C16H10BrClN4O4/c1-7-4-9-12(6-10(7)17)19-16(24)14(9)20-21-15(23)8-2-3-11(18)13(5-8)22(25)26/h2-6,19,24H,1H3. The van der Waals surface area contributed by atoms with Gasteiger partial charge >= 0.3 is 0 Å². The van der Waals surface area contributed by atoms with Crippen LogP contribution in [0.15, 0.2) is 45.0 Å². The molecule has 3 rings (SSSR count). The minimum atomic E-state index is -0.799. The van der Waals surface area contributed by atoms with E-state index in [0.717, 1.165) is 16.1 Å². The summed E-state index contributed by atoms with van der Waals surface area (Å²) >= 11 is 9.11. The third-order valence-electron chi connectivity index (χ3n) is 3.66. The number of H-pyrrole nitrogens is 1. The van der Waals surface area contributed by atoms with Crippen LogP contribution in [0.5, 0.6) is 5.88 Å². The Bertz CT molecular complexity index is 1090. The minimum absolute atomic E-state index is 0.0388. The zero-order valence-electron chi connectivity index (χ0n) is 13.2. The molecule has 3 aromatic rings. The zero-order valence-corrected chi connectivity index (χ0v) is 15.5. The quantitative estimate of drug-likeness (QED) is 0.322. The first-order valence-electron chi connectivity index (χ1n) is 7.18. The van der Waals surface area contributed by atoms with Crippen molar-refractivity contribution in [2.75, 3.05) is 0 Å². The predicted molar refractivity (Wildman–Crippen MR) is 99.4 cm³/mol.